The third kappa shape index (κ3) is 3.94. The minimum atomic E-state index is -3.76. The van der Waals surface area contributed by atoms with Gasteiger partial charge in [-0.2, -0.15) is 0 Å². The van der Waals surface area contributed by atoms with E-state index in [1.165, 1.54) is 16.4 Å². The molecule has 0 aliphatic carbocycles. The predicted octanol–water partition coefficient (Wildman–Crippen LogP) is 3.47. The smallest absolute Gasteiger partial charge is 0.338 e. The van der Waals surface area contributed by atoms with Crippen LogP contribution in [0.5, 0.6) is 0 Å². The van der Waals surface area contributed by atoms with Gasteiger partial charge in [-0.3, -0.25) is 4.31 Å². The van der Waals surface area contributed by atoms with E-state index in [-0.39, 0.29) is 23.1 Å². The van der Waals surface area contributed by atoms with Crippen molar-refractivity contribution in [3.8, 4) is 0 Å². The fraction of sp³-hybridized carbons (Fsp3) is 0.278. The van der Waals surface area contributed by atoms with E-state index in [2.05, 4.69) is 0 Å². The van der Waals surface area contributed by atoms with Crippen molar-refractivity contribution in [3.63, 3.8) is 0 Å². The standard InChI is InChI=1S/C18H21NO4S/c1-4-19(16-10-6-5-7-11-16)24(21,22)17-12-8-9-15(13-17)18(20)23-14(2)3/h5-14H,4H2,1-3H3. The monoisotopic (exact) mass is 347 g/mol. The lowest BCUT2D eigenvalue weighted by Gasteiger charge is -2.23. The minimum Gasteiger partial charge on any atom is -0.459 e. The minimum absolute atomic E-state index is 0.0615. The molecular weight excluding hydrogens is 326 g/mol. The average molecular weight is 347 g/mol. The molecule has 2 aromatic carbocycles. The molecule has 0 saturated carbocycles. The number of hydrogen-bond donors (Lipinski definition) is 0. The molecule has 0 heterocycles. The first-order valence-corrected chi connectivity index (χ1v) is 9.19. The highest BCUT2D eigenvalue weighted by Gasteiger charge is 2.24. The molecular formula is C18H21NO4S. The molecule has 0 amide bonds. The Hall–Kier alpha value is -2.34. The topological polar surface area (TPSA) is 63.7 Å². The van der Waals surface area contributed by atoms with Gasteiger partial charge in [0.25, 0.3) is 10.0 Å². The zero-order valence-electron chi connectivity index (χ0n) is 14.0. The van der Waals surface area contributed by atoms with Gasteiger partial charge >= 0.3 is 5.97 Å². The molecule has 0 aromatic heterocycles. The van der Waals surface area contributed by atoms with Crippen LogP contribution in [-0.2, 0) is 14.8 Å². The molecule has 0 radical (unpaired) electrons. The summed E-state index contributed by atoms with van der Waals surface area (Å²) in [5.74, 6) is -0.537. The Balaban J connectivity index is 2.40. The van der Waals surface area contributed by atoms with Crippen molar-refractivity contribution < 1.29 is 17.9 Å². The lowest BCUT2D eigenvalue weighted by Crippen LogP contribution is -2.30. The third-order valence-corrected chi connectivity index (χ3v) is 5.23. The molecule has 24 heavy (non-hydrogen) atoms. The molecule has 6 heteroatoms. The Morgan fingerprint density at radius 3 is 2.33 bits per heavy atom. The van der Waals surface area contributed by atoms with Crippen LogP contribution in [0.4, 0.5) is 5.69 Å². The molecule has 0 spiro atoms. The summed E-state index contributed by atoms with van der Waals surface area (Å²) in [7, 11) is -3.76. The van der Waals surface area contributed by atoms with E-state index in [0.717, 1.165) is 0 Å². The van der Waals surface area contributed by atoms with Crippen LogP contribution in [0.2, 0.25) is 0 Å². The molecule has 0 atom stereocenters. The average Bonchev–Trinajstić information content (AvgIpc) is 2.56. The molecule has 128 valence electrons. The predicted molar refractivity (Wildman–Crippen MR) is 93.6 cm³/mol. The Kier molecular flexibility index (Phi) is 5.62. The molecule has 0 saturated heterocycles. The number of esters is 1. The van der Waals surface area contributed by atoms with Gasteiger partial charge in [-0.25, -0.2) is 13.2 Å². The summed E-state index contributed by atoms with van der Waals surface area (Å²) in [6, 6.07) is 14.8. The number of benzene rings is 2. The summed E-state index contributed by atoms with van der Waals surface area (Å²) in [5.41, 5.74) is 0.795. The van der Waals surface area contributed by atoms with Gasteiger partial charge in [0, 0.05) is 6.54 Å². The Morgan fingerprint density at radius 2 is 1.75 bits per heavy atom. The Morgan fingerprint density at radius 1 is 1.08 bits per heavy atom. The first kappa shape index (κ1) is 18.0. The van der Waals surface area contributed by atoms with Crippen LogP contribution < -0.4 is 4.31 Å². The Labute approximate surface area is 142 Å². The first-order chi connectivity index (χ1) is 11.4. The second-order valence-corrected chi connectivity index (χ2v) is 7.35. The van der Waals surface area contributed by atoms with Gasteiger partial charge in [-0.15, -0.1) is 0 Å². The van der Waals surface area contributed by atoms with Crippen molar-refractivity contribution in [3.05, 3.63) is 60.2 Å². The number of ether oxygens (including phenoxy) is 1. The number of anilines is 1. The van der Waals surface area contributed by atoms with Crippen LogP contribution in [0.15, 0.2) is 59.5 Å². The highest BCUT2D eigenvalue weighted by molar-refractivity contribution is 7.92. The number of hydrogen-bond acceptors (Lipinski definition) is 4. The fourth-order valence-electron chi connectivity index (χ4n) is 2.28. The molecule has 5 nitrogen and oxygen atoms in total. The van der Waals surface area contributed by atoms with Gasteiger partial charge < -0.3 is 4.74 Å². The van der Waals surface area contributed by atoms with E-state index in [4.69, 9.17) is 4.74 Å². The fourth-order valence-corrected chi connectivity index (χ4v) is 3.80. The number of carbonyl (C=O) groups excluding carboxylic acids is 1. The zero-order valence-corrected chi connectivity index (χ0v) is 14.8. The summed E-state index contributed by atoms with van der Waals surface area (Å²) < 4.78 is 32.3. The number of para-hydroxylation sites is 1. The quantitative estimate of drug-likeness (QED) is 0.751. The molecule has 0 unspecified atom stereocenters. The van der Waals surface area contributed by atoms with Crippen molar-refractivity contribution in [1.29, 1.82) is 0 Å². The summed E-state index contributed by atoms with van der Waals surface area (Å²) >= 11 is 0. The SMILES string of the molecule is CCN(c1ccccc1)S(=O)(=O)c1cccc(C(=O)OC(C)C)c1. The summed E-state index contributed by atoms with van der Waals surface area (Å²) in [5, 5.41) is 0. The van der Waals surface area contributed by atoms with E-state index >= 15 is 0 Å². The maximum absolute atomic E-state index is 12.9. The van der Waals surface area contributed by atoms with Crippen LogP contribution in [0.25, 0.3) is 0 Å². The van der Waals surface area contributed by atoms with Crippen molar-refractivity contribution >= 4 is 21.7 Å². The van der Waals surface area contributed by atoms with E-state index in [9.17, 15) is 13.2 Å². The maximum Gasteiger partial charge on any atom is 0.338 e. The molecule has 0 fully saturated rings. The van der Waals surface area contributed by atoms with Crippen LogP contribution in [0.1, 0.15) is 31.1 Å². The number of sulfonamides is 1. The van der Waals surface area contributed by atoms with E-state index in [0.29, 0.717) is 5.69 Å². The Bertz CT molecular complexity index is 801. The second-order valence-electron chi connectivity index (χ2n) is 5.49. The molecule has 0 N–H and O–H groups in total. The summed E-state index contributed by atoms with van der Waals surface area (Å²) in [6.45, 7) is 5.54. The molecule has 0 aliphatic rings. The number of rotatable bonds is 6. The lowest BCUT2D eigenvalue weighted by molar-refractivity contribution is 0.0377. The van der Waals surface area contributed by atoms with E-state index < -0.39 is 16.0 Å². The van der Waals surface area contributed by atoms with E-state index in [1.54, 1.807) is 57.2 Å². The number of carbonyl (C=O) groups is 1. The van der Waals surface area contributed by atoms with Crippen LogP contribution in [-0.4, -0.2) is 27.0 Å². The third-order valence-electron chi connectivity index (χ3n) is 3.33. The van der Waals surface area contributed by atoms with Gasteiger partial charge in [0.1, 0.15) is 0 Å². The molecule has 0 aliphatic heterocycles. The van der Waals surface area contributed by atoms with Crippen molar-refractivity contribution in [2.45, 2.75) is 31.8 Å². The van der Waals surface area contributed by atoms with Gasteiger partial charge in [-0.1, -0.05) is 24.3 Å². The van der Waals surface area contributed by atoms with Crippen LogP contribution >= 0.6 is 0 Å². The van der Waals surface area contributed by atoms with Gasteiger partial charge in [0.05, 0.1) is 22.3 Å². The molecule has 0 bridgehead atoms. The van der Waals surface area contributed by atoms with Gasteiger partial charge in [-0.05, 0) is 51.1 Å². The maximum atomic E-state index is 12.9. The summed E-state index contributed by atoms with van der Waals surface area (Å²) in [6.07, 6.45) is -0.269. The number of nitrogens with zero attached hydrogens (tertiary/aromatic N) is 1. The molecule has 2 aromatic rings. The van der Waals surface area contributed by atoms with Crippen LogP contribution in [0.3, 0.4) is 0 Å². The highest BCUT2D eigenvalue weighted by Crippen LogP contribution is 2.24. The highest BCUT2D eigenvalue weighted by atomic mass is 32.2. The van der Waals surface area contributed by atoms with Gasteiger partial charge in [0.15, 0.2) is 0 Å². The zero-order chi connectivity index (χ0) is 17.7. The van der Waals surface area contributed by atoms with Crippen molar-refractivity contribution in [2.75, 3.05) is 10.8 Å². The van der Waals surface area contributed by atoms with Gasteiger partial charge in [0.2, 0.25) is 0 Å². The van der Waals surface area contributed by atoms with E-state index in [1.807, 2.05) is 6.07 Å². The molecule has 2 rings (SSSR count). The summed E-state index contributed by atoms with van der Waals surface area (Å²) in [4.78, 5) is 12.1. The largest absolute Gasteiger partial charge is 0.459 e. The van der Waals surface area contributed by atoms with Crippen molar-refractivity contribution in [2.24, 2.45) is 0 Å². The van der Waals surface area contributed by atoms with Crippen molar-refractivity contribution in [1.82, 2.24) is 0 Å². The normalized spacial score (nSPS) is 11.3. The second kappa shape index (κ2) is 7.49. The lowest BCUT2D eigenvalue weighted by atomic mass is 10.2. The first-order valence-electron chi connectivity index (χ1n) is 7.75. The van der Waals surface area contributed by atoms with Crippen LogP contribution in [0, 0.1) is 0 Å².